The van der Waals surface area contributed by atoms with Gasteiger partial charge in [0.15, 0.2) is 6.10 Å². The first-order valence-corrected chi connectivity index (χ1v) is 12.0. The monoisotopic (exact) mass is 712 g/mol. The Morgan fingerprint density at radius 3 is 1.09 bits per heavy atom. The van der Waals surface area contributed by atoms with Gasteiger partial charge in [0.25, 0.3) is 0 Å². The molecule has 4 atom stereocenters. The number of carboxylic acids is 4. The quantitative estimate of drug-likeness (QED) is 0.110. The van der Waals surface area contributed by atoms with E-state index < -0.39 is 54.9 Å². The van der Waals surface area contributed by atoms with Crippen molar-refractivity contribution < 1.29 is 104 Å². The molecule has 3 aromatic rings. The number of pyridine rings is 3. The number of nitrogens with zero attached hydrogens (tertiary/aromatic N) is 3. The van der Waals surface area contributed by atoms with Gasteiger partial charge in [-0.2, -0.15) is 13.8 Å². The van der Waals surface area contributed by atoms with Crippen molar-refractivity contribution in [2.75, 3.05) is 6.61 Å². The minimum Gasteiger partial charge on any atom is -0.479 e. The topological polar surface area (TPSA) is 289 Å². The zero-order chi connectivity index (χ0) is 33.4. The summed E-state index contributed by atoms with van der Waals surface area (Å²) < 4.78 is 0. The van der Waals surface area contributed by atoms with Crippen LogP contribution in [0.25, 0.3) is 0 Å². The van der Waals surface area contributed by atoms with Gasteiger partial charge < -0.3 is 52.4 Å². The van der Waals surface area contributed by atoms with Gasteiger partial charge in [-0.3, -0.25) is 0 Å². The van der Waals surface area contributed by atoms with Crippen LogP contribution in [0, 0.1) is 6.42 Å². The fourth-order valence-electron chi connectivity index (χ4n) is 2.14. The van der Waals surface area contributed by atoms with Crippen molar-refractivity contribution in [3.8, 4) is 0 Å². The predicted octanol–water partition coefficient (Wildman–Crippen LogP) is 0.0718. The summed E-state index contributed by atoms with van der Waals surface area (Å²) in [4.78, 5) is 51.2. The van der Waals surface area contributed by atoms with E-state index >= 15 is 0 Å². The SMILES string of the molecule is C[CH-]C.O=C(O)[C@H](O)[C@@H](O)[C@H](O)[C@H](O)CO.O=C(O)c1ccccn1.O=C(O)c1ccccn1.O=C(O)c1ccccn1.[Fe].[Ti]. The Labute approximate surface area is 283 Å². The van der Waals surface area contributed by atoms with Crippen molar-refractivity contribution >= 4 is 23.9 Å². The summed E-state index contributed by atoms with van der Waals surface area (Å²) in [5.74, 6) is -4.70. The summed E-state index contributed by atoms with van der Waals surface area (Å²) in [5.41, 5.74) is 0.243. The van der Waals surface area contributed by atoms with Gasteiger partial charge in [-0.05, 0) is 36.4 Å². The van der Waals surface area contributed by atoms with Gasteiger partial charge in [0, 0.05) is 57.4 Å². The molecule has 0 radical (unpaired) electrons. The first-order chi connectivity index (χ1) is 20.2. The van der Waals surface area contributed by atoms with Crippen LogP contribution in [0.3, 0.4) is 0 Å². The van der Waals surface area contributed by atoms with Gasteiger partial charge in [0.1, 0.15) is 35.4 Å². The minimum atomic E-state index is -2.20. The van der Waals surface area contributed by atoms with Crippen LogP contribution in [0.15, 0.2) is 73.2 Å². The molecule has 3 heterocycles. The molecular formula is C27H34FeN3O13Ti-. The van der Waals surface area contributed by atoms with Crippen molar-refractivity contribution in [3.63, 3.8) is 0 Å². The average molecular weight is 712 g/mol. The number of hydrogen-bond acceptors (Lipinski definition) is 12. The molecule has 0 aliphatic heterocycles. The van der Waals surface area contributed by atoms with E-state index in [9.17, 15) is 19.2 Å². The maximum atomic E-state index is 10.1. The third-order valence-electron chi connectivity index (χ3n) is 4.16. The molecule has 248 valence electrons. The van der Waals surface area contributed by atoms with E-state index in [0.717, 1.165) is 0 Å². The zero-order valence-corrected chi connectivity index (χ0v) is 26.5. The molecule has 0 saturated heterocycles. The fraction of sp³-hybridized carbons (Fsp3) is 0.259. The normalized spacial score (nSPS) is 11.6. The number of aromatic carboxylic acids is 3. The van der Waals surface area contributed by atoms with Crippen LogP contribution in [0.4, 0.5) is 0 Å². The van der Waals surface area contributed by atoms with Crippen molar-refractivity contribution in [2.24, 2.45) is 0 Å². The van der Waals surface area contributed by atoms with Gasteiger partial charge >= 0.3 is 23.9 Å². The molecule has 9 N–H and O–H groups in total. The molecule has 0 unspecified atom stereocenters. The number of rotatable bonds is 8. The maximum absolute atomic E-state index is 10.1. The third kappa shape index (κ3) is 23.4. The van der Waals surface area contributed by atoms with Crippen molar-refractivity contribution in [2.45, 2.75) is 38.3 Å². The molecule has 3 rings (SSSR count). The molecule has 45 heavy (non-hydrogen) atoms. The van der Waals surface area contributed by atoms with Crippen LogP contribution < -0.4 is 0 Å². The van der Waals surface area contributed by atoms with E-state index in [1.807, 2.05) is 20.3 Å². The summed E-state index contributed by atoms with van der Waals surface area (Å²) in [6, 6.07) is 14.3. The minimum absolute atomic E-state index is 0. The third-order valence-corrected chi connectivity index (χ3v) is 4.16. The number of aliphatic hydroxyl groups is 5. The largest absolute Gasteiger partial charge is 0.479 e. The van der Waals surface area contributed by atoms with Gasteiger partial charge in [-0.1, -0.05) is 18.2 Å². The van der Waals surface area contributed by atoms with Crippen LogP contribution in [-0.2, 0) is 43.6 Å². The van der Waals surface area contributed by atoms with Crippen molar-refractivity contribution in [1.29, 1.82) is 0 Å². The van der Waals surface area contributed by atoms with Crippen LogP contribution in [0.1, 0.15) is 45.3 Å². The molecule has 0 aromatic carbocycles. The number of aromatic nitrogens is 3. The van der Waals surface area contributed by atoms with Crippen molar-refractivity contribution in [3.05, 3.63) is 96.7 Å². The molecule has 0 bridgehead atoms. The van der Waals surface area contributed by atoms with E-state index in [0.29, 0.717) is 0 Å². The van der Waals surface area contributed by atoms with E-state index in [4.69, 9.17) is 46.0 Å². The Morgan fingerprint density at radius 2 is 0.933 bits per heavy atom. The number of carbonyl (C=O) groups is 4. The Kier molecular flexibility index (Phi) is 31.2. The Balaban J connectivity index is -0.000000240. The van der Waals surface area contributed by atoms with Crippen LogP contribution in [0.2, 0.25) is 0 Å². The second-order valence-corrected chi connectivity index (χ2v) is 7.65. The maximum Gasteiger partial charge on any atom is 0.354 e. The summed E-state index contributed by atoms with van der Waals surface area (Å²) in [5, 5.41) is 76.8. The number of aliphatic carboxylic acids is 1. The fourth-order valence-corrected chi connectivity index (χ4v) is 2.14. The van der Waals surface area contributed by atoms with E-state index in [1.165, 1.54) is 36.8 Å². The second kappa shape index (κ2) is 29.1. The van der Waals surface area contributed by atoms with Crippen LogP contribution in [-0.4, -0.2) is 116 Å². The molecule has 16 nitrogen and oxygen atoms in total. The van der Waals surface area contributed by atoms with E-state index in [2.05, 4.69) is 15.0 Å². The Morgan fingerprint density at radius 1 is 0.644 bits per heavy atom. The molecule has 0 aliphatic carbocycles. The Bertz CT molecular complexity index is 1080. The molecule has 0 spiro atoms. The molecule has 3 aromatic heterocycles. The molecule has 0 fully saturated rings. The molecule has 18 heteroatoms. The van der Waals surface area contributed by atoms with Crippen molar-refractivity contribution in [1.82, 2.24) is 15.0 Å². The van der Waals surface area contributed by atoms with E-state index in [1.54, 1.807) is 36.4 Å². The molecule has 0 amide bonds. The zero-order valence-electron chi connectivity index (χ0n) is 23.9. The molecule has 0 saturated carbocycles. The van der Waals surface area contributed by atoms with Gasteiger partial charge in [-0.15, -0.1) is 0 Å². The molecule has 0 aliphatic rings. The Hall–Kier alpha value is -3.64. The van der Waals surface area contributed by atoms with Gasteiger partial charge in [0.05, 0.1) is 6.61 Å². The van der Waals surface area contributed by atoms with E-state index in [-0.39, 0.29) is 55.9 Å². The number of hydrogen-bond donors (Lipinski definition) is 9. The smallest absolute Gasteiger partial charge is 0.354 e. The average Bonchev–Trinajstić information content (AvgIpc) is 3.02. The standard InChI is InChI=1S/3C6H5NO2.C6H12O7.C3H7.Fe.Ti/c3*8-6(9)5-3-1-2-4-7-5;7-1-2(8)3(9)4(10)5(11)6(12)13;1-3-2;;/h3*1-4H,(H,8,9);2-5,7-11H,1H2,(H,12,13);3H,1-2H3;;/q;;;;-1;;/t;;;2-,3-,4+,5-;;;/m...1.../s1. The summed E-state index contributed by atoms with van der Waals surface area (Å²) in [6.45, 7) is 3.16. The summed E-state index contributed by atoms with van der Waals surface area (Å²) in [7, 11) is 0. The van der Waals surface area contributed by atoms with Crippen LogP contribution >= 0.6 is 0 Å². The molecular weight excluding hydrogens is 678 g/mol. The first-order valence-electron chi connectivity index (χ1n) is 12.0. The second-order valence-electron chi connectivity index (χ2n) is 7.65. The number of carboxylic acid groups (broad SMARTS) is 4. The van der Waals surface area contributed by atoms with Gasteiger partial charge in [0.2, 0.25) is 0 Å². The summed E-state index contributed by atoms with van der Waals surface area (Å²) >= 11 is 0. The van der Waals surface area contributed by atoms with Crippen LogP contribution in [0.5, 0.6) is 0 Å². The number of aliphatic hydroxyl groups excluding tert-OH is 5. The summed E-state index contributed by atoms with van der Waals surface area (Å²) in [6.07, 6.45) is -1.49. The first kappa shape index (κ1) is 48.3. The predicted molar refractivity (Wildman–Crippen MR) is 148 cm³/mol. The van der Waals surface area contributed by atoms with Gasteiger partial charge in [-0.25, -0.2) is 34.1 Å².